The lowest BCUT2D eigenvalue weighted by Gasteiger charge is -2.40. The molecule has 0 unspecified atom stereocenters. The molecule has 34 heavy (non-hydrogen) atoms. The van der Waals surface area contributed by atoms with Crippen LogP contribution in [0.1, 0.15) is 42.6 Å². The van der Waals surface area contributed by atoms with Crippen LogP contribution >= 0.6 is 0 Å². The fourth-order valence-corrected chi connectivity index (χ4v) is 5.45. The van der Waals surface area contributed by atoms with Crippen molar-refractivity contribution in [3.05, 3.63) is 36.3 Å². The third-order valence-electron chi connectivity index (χ3n) is 7.39. The van der Waals surface area contributed by atoms with E-state index in [2.05, 4.69) is 43.5 Å². The van der Waals surface area contributed by atoms with Gasteiger partial charge in [0.15, 0.2) is 0 Å². The zero-order valence-corrected chi connectivity index (χ0v) is 19.3. The average Bonchev–Trinajstić information content (AvgIpc) is 3.25. The first kappa shape index (κ1) is 21.0. The third-order valence-corrected chi connectivity index (χ3v) is 7.39. The van der Waals surface area contributed by atoms with Crippen LogP contribution in [-0.2, 0) is 10.3 Å². The summed E-state index contributed by atoms with van der Waals surface area (Å²) in [6, 6.07) is 5.76. The van der Waals surface area contributed by atoms with Crippen molar-refractivity contribution in [1.29, 1.82) is 0 Å². The Bertz CT molecular complexity index is 1250. The molecule has 1 saturated carbocycles. The lowest BCUT2D eigenvalue weighted by Crippen LogP contribution is -2.57. The molecule has 1 spiro atoms. The number of piperazine rings is 1. The number of anilines is 3. The third kappa shape index (κ3) is 3.40. The van der Waals surface area contributed by atoms with Gasteiger partial charge in [0.05, 0.1) is 11.9 Å². The van der Waals surface area contributed by atoms with Gasteiger partial charge in [0.1, 0.15) is 22.7 Å². The summed E-state index contributed by atoms with van der Waals surface area (Å²) in [4.78, 5) is 44.0. The molecule has 2 N–H and O–H groups in total. The van der Waals surface area contributed by atoms with Crippen molar-refractivity contribution in [3.63, 3.8) is 0 Å². The first-order valence-corrected chi connectivity index (χ1v) is 11.9. The monoisotopic (exact) mass is 460 g/mol. The maximum atomic E-state index is 13.0. The molecular formula is C24H28N8O2. The first-order valence-electron chi connectivity index (χ1n) is 11.9. The maximum absolute atomic E-state index is 13.0. The fourth-order valence-electron chi connectivity index (χ4n) is 5.45. The smallest absolute Gasteiger partial charge is 0.274 e. The summed E-state index contributed by atoms with van der Waals surface area (Å²) < 4.78 is 1.86. The molecule has 2 fully saturated rings. The van der Waals surface area contributed by atoms with Gasteiger partial charge in [-0.05, 0) is 38.1 Å². The van der Waals surface area contributed by atoms with Gasteiger partial charge in [0.2, 0.25) is 5.95 Å². The predicted octanol–water partition coefficient (Wildman–Crippen LogP) is 2.25. The minimum atomic E-state index is -0.767. The Balaban J connectivity index is 1.31. The lowest BCUT2D eigenvalue weighted by atomic mass is 9.79. The van der Waals surface area contributed by atoms with Crippen LogP contribution < -0.4 is 15.5 Å². The number of carbonyl (C=O) groups is 2. The molecule has 3 aliphatic rings. The highest BCUT2D eigenvalue weighted by molar-refractivity contribution is 6.11. The van der Waals surface area contributed by atoms with Gasteiger partial charge in [-0.1, -0.05) is 19.3 Å². The van der Waals surface area contributed by atoms with E-state index in [1.807, 2.05) is 16.8 Å². The topological polar surface area (TPSA) is 108 Å². The molecule has 3 aromatic rings. The molecule has 10 heteroatoms. The molecule has 0 radical (unpaired) electrons. The Morgan fingerprint density at radius 2 is 1.79 bits per heavy atom. The molecule has 2 aliphatic heterocycles. The van der Waals surface area contributed by atoms with E-state index in [1.54, 1.807) is 12.3 Å². The molecule has 2 amide bonds. The van der Waals surface area contributed by atoms with Crippen LogP contribution in [0.4, 0.5) is 17.5 Å². The second kappa shape index (κ2) is 8.05. The number of pyridine rings is 1. The van der Waals surface area contributed by atoms with Gasteiger partial charge in [0.25, 0.3) is 11.8 Å². The van der Waals surface area contributed by atoms with Crippen LogP contribution in [-0.4, -0.2) is 69.5 Å². The molecule has 0 bridgehead atoms. The number of amides is 2. The zero-order chi connectivity index (χ0) is 23.3. The van der Waals surface area contributed by atoms with Crippen molar-refractivity contribution >= 4 is 40.3 Å². The van der Waals surface area contributed by atoms with Gasteiger partial charge in [0, 0.05) is 37.8 Å². The Morgan fingerprint density at radius 3 is 2.53 bits per heavy atom. The number of fused-ring (bicyclic) bond motifs is 4. The second-order valence-electron chi connectivity index (χ2n) is 9.53. The van der Waals surface area contributed by atoms with E-state index >= 15 is 0 Å². The molecule has 10 nitrogen and oxygen atoms in total. The van der Waals surface area contributed by atoms with Crippen molar-refractivity contribution in [2.75, 3.05) is 43.4 Å². The Hall–Kier alpha value is -3.53. The molecule has 6 rings (SSSR count). The summed E-state index contributed by atoms with van der Waals surface area (Å²) >= 11 is 0. The number of aromatic nitrogens is 4. The van der Waals surface area contributed by atoms with Gasteiger partial charge in [-0.25, -0.2) is 9.97 Å². The van der Waals surface area contributed by atoms with Crippen molar-refractivity contribution in [2.24, 2.45) is 0 Å². The quantitative estimate of drug-likeness (QED) is 0.573. The zero-order valence-electron chi connectivity index (χ0n) is 19.3. The fraction of sp³-hybridized carbons (Fsp3) is 0.458. The van der Waals surface area contributed by atoms with Gasteiger partial charge in [-0.2, -0.15) is 4.98 Å². The molecule has 1 aliphatic carbocycles. The summed E-state index contributed by atoms with van der Waals surface area (Å²) in [7, 11) is 2.14. The van der Waals surface area contributed by atoms with Crippen LogP contribution in [0.15, 0.2) is 30.6 Å². The van der Waals surface area contributed by atoms with E-state index in [0.29, 0.717) is 35.9 Å². The number of nitrogens with one attached hydrogen (secondary N) is 2. The van der Waals surface area contributed by atoms with E-state index in [1.165, 1.54) is 0 Å². The highest BCUT2D eigenvalue weighted by Gasteiger charge is 2.48. The number of hydrogen-bond acceptors (Lipinski definition) is 8. The van der Waals surface area contributed by atoms with Crippen LogP contribution in [0.3, 0.4) is 0 Å². The van der Waals surface area contributed by atoms with Crippen LogP contribution in [0.2, 0.25) is 0 Å². The van der Waals surface area contributed by atoms with Gasteiger partial charge in [-0.15, -0.1) is 0 Å². The number of hydrogen-bond donors (Lipinski definition) is 2. The second-order valence-corrected chi connectivity index (χ2v) is 9.53. The Kier molecular flexibility index (Phi) is 4.98. The summed E-state index contributed by atoms with van der Waals surface area (Å²) in [5.74, 6) is 0.424. The summed E-state index contributed by atoms with van der Waals surface area (Å²) in [5.41, 5.74) is 1.40. The number of likely N-dealkylation sites (N-methyl/N-ethyl adjacent to an activating group) is 1. The number of imide groups is 1. The summed E-state index contributed by atoms with van der Waals surface area (Å²) in [6.45, 7) is 4.05. The van der Waals surface area contributed by atoms with Crippen LogP contribution in [0, 0.1) is 0 Å². The highest BCUT2D eigenvalue weighted by atomic mass is 16.2. The van der Waals surface area contributed by atoms with Crippen molar-refractivity contribution in [1.82, 2.24) is 29.7 Å². The molecule has 176 valence electrons. The van der Waals surface area contributed by atoms with Crippen molar-refractivity contribution in [3.8, 4) is 0 Å². The highest BCUT2D eigenvalue weighted by Crippen LogP contribution is 2.41. The molecule has 0 atom stereocenters. The van der Waals surface area contributed by atoms with Crippen molar-refractivity contribution in [2.45, 2.75) is 37.6 Å². The minimum absolute atomic E-state index is 0.225. The molecule has 5 heterocycles. The van der Waals surface area contributed by atoms with E-state index in [0.717, 1.165) is 56.5 Å². The number of rotatable bonds is 3. The Labute approximate surface area is 197 Å². The largest absolute Gasteiger partial charge is 0.368 e. The number of carbonyl (C=O) groups excluding carboxylic acids is 2. The van der Waals surface area contributed by atoms with Gasteiger partial charge < -0.3 is 19.7 Å². The number of nitrogens with zero attached hydrogens (tertiary/aromatic N) is 6. The lowest BCUT2D eigenvalue weighted by molar-refractivity contribution is -0.131. The summed E-state index contributed by atoms with van der Waals surface area (Å²) in [6.07, 6.45) is 7.94. The standard InChI is InChI=1S/C24H28N8O2/c1-30-9-11-31(12-10-30)17-5-6-19(25-15-17)27-23-26-14-16-13-18-21(33)29-22(34)24(7-3-2-4-8-24)32(18)20(16)28-23/h5-6,13-15H,2-4,7-12H2,1H3,(H,29,33,34)(H,25,26,27,28). The van der Waals surface area contributed by atoms with E-state index < -0.39 is 5.54 Å². The van der Waals surface area contributed by atoms with Crippen LogP contribution in [0.5, 0.6) is 0 Å². The van der Waals surface area contributed by atoms with E-state index in [9.17, 15) is 9.59 Å². The molecule has 0 aromatic carbocycles. The molecule has 1 saturated heterocycles. The average molecular weight is 461 g/mol. The SMILES string of the molecule is CN1CCN(c2ccc(Nc3ncc4cc5n(c4n3)C3(CCCCC3)C(=O)NC5=O)nc2)CC1. The molecule has 3 aromatic heterocycles. The van der Waals surface area contributed by atoms with Gasteiger partial charge >= 0.3 is 0 Å². The minimum Gasteiger partial charge on any atom is -0.368 e. The van der Waals surface area contributed by atoms with Crippen LogP contribution in [0.25, 0.3) is 11.0 Å². The van der Waals surface area contributed by atoms with E-state index in [-0.39, 0.29) is 11.8 Å². The van der Waals surface area contributed by atoms with E-state index in [4.69, 9.17) is 4.98 Å². The van der Waals surface area contributed by atoms with Gasteiger partial charge in [-0.3, -0.25) is 14.9 Å². The summed E-state index contributed by atoms with van der Waals surface area (Å²) in [5, 5.41) is 6.50. The molecular weight excluding hydrogens is 432 g/mol. The first-order chi connectivity index (χ1) is 16.5. The Morgan fingerprint density at radius 1 is 1.00 bits per heavy atom. The van der Waals surface area contributed by atoms with Crippen molar-refractivity contribution < 1.29 is 9.59 Å². The predicted molar refractivity (Wildman–Crippen MR) is 128 cm³/mol. The normalized spacial score (nSPS) is 20.4. The maximum Gasteiger partial charge on any atom is 0.274 e.